The Hall–Kier alpha value is -0.740. The molecule has 1 saturated carbocycles. The molecule has 0 bridgehead atoms. The molecule has 272 valence electrons. The van der Waals surface area contributed by atoms with Crippen molar-refractivity contribution in [3.05, 3.63) is 0 Å². The average Bonchev–Trinajstić information content (AvgIpc) is 3.70. The first kappa shape index (κ1) is 43.3. The van der Waals surface area contributed by atoms with Crippen molar-refractivity contribution in [2.24, 2.45) is 81.2 Å². The summed E-state index contributed by atoms with van der Waals surface area (Å²) in [5, 5.41) is 8.28. The van der Waals surface area contributed by atoms with Gasteiger partial charge in [-0.25, -0.2) is 0 Å². The number of nitrogens with zero attached hydrogens (tertiary/aromatic N) is 3. The molecule has 2 unspecified atom stereocenters. The Bertz CT molecular complexity index is 737. The maximum atomic E-state index is 5.49. The van der Waals surface area contributed by atoms with Crippen LogP contribution in [0.5, 0.6) is 0 Å². The molecule has 2 atom stereocenters. The van der Waals surface area contributed by atoms with Crippen LogP contribution in [0.2, 0.25) is 0 Å². The predicted molar refractivity (Wildman–Crippen MR) is 206 cm³/mol. The van der Waals surface area contributed by atoms with E-state index in [4.69, 9.17) is 4.74 Å². The standard InChI is InChI=1S/C12H24.C11H23N.C10H20O.C9H16N2/c2*1-9(2)11-5-7-12(8-6-11)10(3)4;1-7(2)9-5-11-6-10(9)8(3)4;1-6(2)8-5-9(7(3)4)11-10-8/h9-12H,5-8H2,1-4H3;9-11H,5-8H2,1-4H3;7-10H,5-6H2,1-4H3;6-7H,5H2,1-4H3. The van der Waals surface area contributed by atoms with Crippen molar-refractivity contribution in [2.75, 3.05) is 26.3 Å². The Morgan fingerprint density at radius 2 is 0.804 bits per heavy atom. The zero-order chi connectivity index (χ0) is 35.1. The van der Waals surface area contributed by atoms with Gasteiger partial charge in [-0.05, 0) is 136 Å². The maximum absolute atomic E-state index is 5.49. The predicted octanol–water partition coefficient (Wildman–Crippen LogP) is 11.9. The minimum absolute atomic E-state index is 0.551. The lowest BCUT2D eigenvalue weighted by molar-refractivity contribution is 0.129. The van der Waals surface area contributed by atoms with E-state index in [1.807, 2.05) is 0 Å². The van der Waals surface area contributed by atoms with Crippen molar-refractivity contribution in [1.29, 1.82) is 0 Å². The van der Waals surface area contributed by atoms with Gasteiger partial charge in [0.2, 0.25) is 0 Å². The number of likely N-dealkylation sites (tertiary alicyclic amines) is 1. The van der Waals surface area contributed by atoms with E-state index in [2.05, 4.69) is 126 Å². The molecule has 0 aromatic carbocycles. The molecule has 1 aliphatic carbocycles. The fraction of sp³-hybridized carbons (Fsp3) is 0.952. The summed E-state index contributed by atoms with van der Waals surface area (Å²) >= 11 is 0. The van der Waals surface area contributed by atoms with Gasteiger partial charge in [-0.2, -0.15) is 10.2 Å². The molecule has 4 aliphatic rings. The normalized spacial score (nSPS) is 26.0. The van der Waals surface area contributed by atoms with Crippen LogP contribution in [0.1, 0.15) is 156 Å². The molecule has 0 spiro atoms. The molecule has 3 fully saturated rings. The summed E-state index contributed by atoms with van der Waals surface area (Å²) in [7, 11) is 0. The first-order valence-corrected chi connectivity index (χ1v) is 19.9. The van der Waals surface area contributed by atoms with E-state index in [9.17, 15) is 0 Å². The molecule has 4 nitrogen and oxygen atoms in total. The molecule has 46 heavy (non-hydrogen) atoms. The van der Waals surface area contributed by atoms with Gasteiger partial charge in [-0.15, -0.1) is 0 Å². The summed E-state index contributed by atoms with van der Waals surface area (Å²) in [6.45, 7) is 41.3. The molecule has 0 aromatic heterocycles. The zero-order valence-corrected chi connectivity index (χ0v) is 34.0. The van der Waals surface area contributed by atoms with E-state index in [1.54, 1.807) is 0 Å². The summed E-state index contributed by atoms with van der Waals surface area (Å²) < 4.78 is 5.49. The van der Waals surface area contributed by atoms with Crippen molar-refractivity contribution >= 4 is 11.4 Å². The molecule has 0 N–H and O–H groups in total. The maximum Gasteiger partial charge on any atom is 0.0500 e. The van der Waals surface area contributed by atoms with E-state index < -0.39 is 0 Å². The molecule has 4 rings (SSSR count). The lowest BCUT2D eigenvalue weighted by Crippen LogP contribution is -2.39. The number of hydrogen-bond donors (Lipinski definition) is 0. The van der Waals surface area contributed by atoms with Crippen molar-refractivity contribution in [2.45, 2.75) is 162 Å². The molecule has 3 heterocycles. The van der Waals surface area contributed by atoms with Crippen LogP contribution in [-0.4, -0.2) is 48.7 Å². The SMILES string of the molecule is CC(C)C1=NN=C(C(C)C)C1.CC(C)C1CCC(C(C)C)CC1.CC(C)C1CCN(C(C)C)CC1.CC(C)C1COCC1C(C)C. The van der Waals surface area contributed by atoms with Crippen LogP contribution in [0.25, 0.3) is 0 Å². The van der Waals surface area contributed by atoms with Crippen LogP contribution in [-0.2, 0) is 4.74 Å². The minimum Gasteiger partial charge on any atom is -0.381 e. The number of rotatable bonds is 8. The topological polar surface area (TPSA) is 37.2 Å². The van der Waals surface area contributed by atoms with Gasteiger partial charge < -0.3 is 9.64 Å². The molecular weight excluding hydrogens is 562 g/mol. The summed E-state index contributed by atoms with van der Waals surface area (Å²) in [5.74, 6) is 10.0. The average molecular weight is 646 g/mol. The third kappa shape index (κ3) is 15.7. The fourth-order valence-electron chi connectivity index (χ4n) is 7.57. The first-order chi connectivity index (χ1) is 21.5. The number of ether oxygens (including phenoxy) is 1. The van der Waals surface area contributed by atoms with Crippen LogP contribution in [0.4, 0.5) is 0 Å². The fourth-order valence-corrected chi connectivity index (χ4v) is 7.57. The van der Waals surface area contributed by atoms with Gasteiger partial charge in [0, 0.05) is 37.1 Å². The molecule has 3 aliphatic heterocycles. The van der Waals surface area contributed by atoms with Crippen LogP contribution in [0.3, 0.4) is 0 Å². The third-order valence-corrected chi connectivity index (χ3v) is 11.8. The molecule has 2 saturated heterocycles. The molecular formula is C42H83N3O. The number of hydrogen-bond acceptors (Lipinski definition) is 4. The van der Waals surface area contributed by atoms with Gasteiger partial charge in [0.1, 0.15) is 0 Å². The van der Waals surface area contributed by atoms with E-state index >= 15 is 0 Å². The third-order valence-electron chi connectivity index (χ3n) is 11.8. The summed E-state index contributed by atoms with van der Waals surface area (Å²) in [6.07, 6.45) is 9.77. The zero-order valence-electron chi connectivity index (χ0n) is 34.0. The van der Waals surface area contributed by atoms with Gasteiger partial charge in [-0.3, -0.25) is 0 Å². The van der Waals surface area contributed by atoms with Gasteiger partial charge in [-0.1, -0.05) is 96.9 Å². The molecule has 0 radical (unpaired) electrons. The molecule has 0 aromatic rings. The van der Waals surface area contributed by atoms with Gasteiger partial charge in [0.25, 0.3) is 0 Å². The first-order valence-electron chi connectivity index (χ1n) is 19.9. The van der Waals surface area contributed by atoms with Crippen molar-refractivity contribution in [1.82, 2.24) is 4.90 Å². The van der Waals surface area contributed by atoms with Gasteiger partial charge >= 0.3 is 0 Å². The molecule has 0 amide bonds. The van der Waals surface area contributed by atoms with Crippen molar-refractivity contribution in [3.8, 4) is 0 Å². The Balaban J connectivity index is 0.000000307. The Kier molecular flexibility index (Phi) is 20.8. The van der Waals surface area contributed by atoms with E-state index in [0.717, 1.165) is 84.9 Å². The van der Waals surface area contributed by atoms with Gasteiger partial charge in [0.05, 0.1) is 0 Å². The van der Waals surface area contributed by atoms with E-state index in [-0.39, 0.29) is 0 Å². The van der Waals surface area contributed by atoms with Gasteiger partial charge in [0.15, 0.2) is 0 Å². The van der Waals surface area contributed by atoms with Crippen molar-refractivity contribution in [3.63, 3.8) is 0 Å². The monoisotopic (exact) mass is 646 g/mol. The highest BCUT2D eigenvalue weighted by Gasteiger charge is 2.32. The quantitative estimate of drug-likeness (QED) is 0.263. The Labute approximate surface area is 289 Å². The highest BCUT2D eigenvalue weighted by Crippen LogP contribution is 2.36. The lowest BCUT2D eigenvalue weighted by Gasteiger charge is -2.36. The minimum atomic E-state index is 0.551. The van der Waals surface area contributed by atoms with E-state index in [1.165, 1.54) is 63.0 Å². The second kappa shape index (κ2) is 22.1. The summed E-state index contributed by atoms with van der Waals surface area (Å²) in [4.78, 5) is 2.60. The van der Waals surface area contributed by atoms with Crippen LogP contribution in [0.15, 0.2) is 10.2 Å². The van der Waals surface area contributed by atoms with Crippen LogP contribution >= 0.6 is 0 Å². The van der Waals surface area contributed by atoms with E-state index in [0.29, 0.717) is 11.8 Å². The Morgan fingerprint density at radius 3 is 1.04 bits per heavy atom. The van der Waals surface area contributed by atoms with Crippen LogP contribution < -0.4 is 0 Å². The van der Waals surface area contributed by atoms with Crippen LogP contribution in [0, 0.1) is 71.0 Å². The second-order valence-electron chi connectivity index (χ2n) is 17.9. The highest BCUT2D eigenvalue weighted by molar-refractivity contribution is 6.08. The summed E-state index contributed by atoms with van der Waals surface area (Å²) in [6, 6.07) is 0.748. The lowest BCUT2D eigenvalue weighted by atomic mass is 9.73. The second-order valence-corrected chi connectivity index (χ2v) is 17.9. The summed E-state index contributed by atoms with van der Waals surface area (Å²) in [5.41, 5.74) is 2.46. The number of piperidine rings is 1. The molecule has 4 heteroatoms. The Morgan fingerprint density at radius 1 is 0.478 bits per heavy atom. The highest BCUT2D eigenvalue weighted by atomic mass is 16.5. The largest absolute Gasteiger partial charge is 0.381 e. The smallest absolute Gasteiger partial charge is 0.0500 e. The van der Waals surface area contributed by atoms with Crippen molar-refractivity contribution < 1.29 is 4.74 Å².